The smallest absolute Gasteiger partial charge is 0.123 e. The molecule has 3 nitrogen and oxygen atoms in total. The summed E-state index contributed by atoms with van der Waals surface area (Å²) in [6.45, 7) is 6.31. The van der Waals surface area contributed by atoms with Crippen LogP contribution in [0.25, 0.3) is 0 Å². The minimum Gasteiger partial charge on any atom is -0.377 e. The molecule has 0 aliphatic carbocycles. The van der Waals surface area contributed by atoms with Crippen molar-refractivity contribution in [2.24, 2.45) is 5.73 Å². The zero-order valence-electron chi connectivity index (χ0n) is 11.0. The molecule has 0 saturated carbocycles. The van der Waals surface area contributed by atoms with Crippen LogP contribution in [0.4, 0.5) is 10.1 Å². The Balaban J connectivity index is 2.36. The molecule has 0 amide bonds. The molecule has 4 heteroatoms. The van der Waals surface area contributed by atoms with Crippen LogP contribution in [0.1, 0.15) is 31.9 Å². The predicted octanol–water partition coefficient (Wildman–Crippen LogP) is 2.46. The molecule has 2 N–H and O–H groups in total. The van der Waals surface area contributed by atoms with Crippen LogP contribution in [0.3, 0.4) is 0 Å². The molecule has 1 saturated heterocycles. The Labute approximate surface area is 108 Å². The maximum Gasteiger partial charge on any atom is 0.123 e. The average Bonchev–Trinajstić information content (AvgIpc) is 2.38. The SMILES string of the molecule is CCC1COCCN1c1ccc(F)cc1[C@@H](C)N. The normalized spacial score (nSPS) is 22.0. The van der Waals surface area contributed by atoms with Gasteiger partial charge in [0.05, 0.1) is 19.3 Å². The zero-order chi connectivity index (χ0) is 13.1. The summed E-state index contributed by atoms with van der Waals surface area (Å²) < 4.78 is 18.9. The molecule has 100 valence electrons. The van der Waals surface area contributed by atoms with Gasteiger partial charge in [0.15, 0.2) is 0 Å². The Morgan fingerprint density at radius 3 is 3.00 bits per heavy atom. The summed E-state index contributed by atoms with van der Waals surface area (Å²) in [7, 11) is 0. The summed E-state index contributed by atoms with van der Waals surface area (Å²) in [6.07, 6.45) is 1.01. The molecule has 0 radical (unpaired) electrons. The molecule has 0 spiro atoms. The van der Waals surface area contributed by atoms with E-state index in [1.807, 2.05) is 13.0 Å². The zero-order valence-corrected chi connectivity index (χ0v) is 11.0. The highest BCUT2D eigenvalue weighted by molar-refractivity contribution is 5.56. The lowest BCUT2D eigenvalue weighted by Crippen LogP contribution is -2.45. The van der Waals surface area contributed by atoms with Crippen LogP contribution in [-0.4, -0.2) is 25.8 Å². The van der Waals surface area contributed by atoms with Gasteiger partial charge in [0.2, 0.25) is 0 Å². The second-order valence-corrected chi connectivity index (χ2v) is 4.82. The van der Waals surface area contributed by atoms with E-state index in [1.165, 1.54) is 6.07 Å². The maximum atomic E-state index is 13.4. The maximum absolute atomic E-state index is 13.4. The molecule has 1 aliphatic heterocycles. The lowest BCUT2D eigenvalue weighted by molar-refractivity contribution is 0.0929. The molecule has 1 aromatic carbocycles. The first-order valence-corrected chi connectivity index (χ1v) is 6.53. The Kier molecular flexibility index (Phi) is 4.19. The quantitative estimate of drug-likeness (QED) is 0.898. The molecular weight excluding hydrogens is 231 g/mol. The second-order valence-electron chi connectivity index (χ2n) is 4.82. The first kappa shape index (κ1) is 13.3. The van der Waals surface area contributed by atoms with Gasteiger partial charge >= 0.3 is 0 Å². The van der Waals surface area contributed by atoms with Crippen LogP contribution in [-0.2, 0) is 4.74 Å². The van der Waals surface area contributed by atoms with E-state index in [1.54, 1.807) is 6.07 Å². The van der Waals surface area contributed by atoms with Gasteiger partial charge in [0.25, 0.3) is 0 Å². The van der Waals surface area contributed by atoms with Crippen molar-refractivity contribution >= 4 is 5.69 Å². The molecular formula is C14H21FN2O. The van der Waals surface area contributed by atoms with E-state index in [9.17, 15) is 4.39 Å². The van der Waals surface area contributed by atoms with E-state index in [4.69, 9.17) is 10.5 Å². The van der Waals surface area contributed by atoms with Crippen molar-refractivity contribution in [2.45, 2.75) is 32.4 Å². The van der Waals surface area contributed by atoms with Crippen molar-refractivity contribution in [1.29, 1.82) is 0 Å². The number of anilines is 1. The number of nitrogens with two attached hydrogens (primary N) is 1. The van der Waals surface area contributed by atoms with Crippen molar-refractivity contribution in [3.8, 4) is 0 Å². The summed E-state index contributed by atoms with van der Waals surface area (Å²) >= 11 is 0. The Hall–Kier alpha value is -1.13. The highest BCUT2D eigenvalue weighted by atomic mass is 19.1. The largest absolute Gasteiger partial charge is 0.377 e. The number of benzene rings is 1. The topological polar surface area (TPSA) is 38.5 Å². The van der Waals surface area contributed by atoms with Gasteiger partial charge in [-0.3, -0.25) is 0 Å². The summed E-state index contributed by atoms with van der Waals surface area (Å²) in [5, 5.41) is 0. The van der Waals surface area contributed by atoms with Crippen molar-refractivity contribution < 1.29 is 9.13 Å². The van der Waals surface area contributed by atoms with Crippen LogP contribution in [0.15, 0.2) is 18.2 Å². The van der Waals surface area contributed by atoms with Crippen molar-refractivity contribution in [1.82, 2.24) is 0 Å². The molecule has 2 atom stereocenters. The van der Waals surface area contributed by atoms with E-state index >= 15 is 0 Å². The van der Waals surface area contributed by atoms with Gasteiger partial charge in [-0.1, -0.05) is 6.92 Å². The summed E-state index contributed by atoms with van der Waals surface area (Å²) in [6, 6.07) is 5.06. The molecule has 18 heavy (non-hydrogen) atoms. The van der Waals surface area contributed by atoms with E-state index in [2.05, 4.69) is 11.8 Å². The highest BCUT2D eigenvalue weighted by Crippen LogP contribution is 2.29. The van der Waals surface area contributed by atoms with Crippen LogP contribution < -0.4 is 10.6 Å². The van der Waals surface area contributed by atoms with Crippen molar-refractivity contribution in [3.05, 3.63) is 29.6 Å². The lowest BCUT2D eigenvalue weighted by atomic mass is 10.0. The number of hydrogen-bond donors (Lipinski definition) is 1. The van der Waals surface area contributed by atoms with Gasteiger partial charge in [0.1, 0.15) is 5.82 Å². The van der Waals surface area contributed by atoms with Crippen LogP contribution in [0.2, 0.25) is 0 Å². The molecule has 1 fully saturated rings. The second kappa shape index (κ2) is 5.67. The average molecular weight is 252 g/mol. The number of rotatable bonds is 3. The van der Waals surface area contributed by atoms with Gasteiger partial charge in [-0.2, -0.15) is 0 Å². The third kappa shape index (κ3) is 2.65. The van der Waals surface area contributed by atoms with Gasteiger partial charge in [-0.25, -0.2) is 4.39 Å². The van der Waals surface area contributed by atoms with E-state index < -0.39 is 0 Å². The summed E-state index contributed by atoms with van der Waals surface area (Å²) in [4.78, 5) is 2.29. The fraction of sp³-hybridized carbons (Fsp3) is 0.571. The van der Waals surface area contributed by atoms with E-state index in [0.717, 1.165) is 30.8 Å². The first-order valence-electron chi connectivity index (χ1n) is 6.53. The van der Waals surface area contributed by atoms with Gasteiger partial charge in [-0.15, -0.1) is 0 Å². The Morgan fingerprint density at radius 1 is 1.56 bits per heavy atom. The molecule has 0 bridgehead atoms. The highest BCUT2D eigenvalue weighted by Gasteiger charge is 2.24. The summed E-state index contributed by atoms with van der Waals surface area (Å²) in [5.41, 5.74) is 7.87. The third-order valence-electron chi connectivity index (χ3n) is 3.49. The minimum atomic E-state index is -0.229. The lowest BCUT2D eigenvalue weighted by Gasteiger charge is -2.38. The fourth-order valence-electron chi connectivity index (χ4n) is 2.46. The van der Waals surface area contributed by atoms with Gasteiger partial charge in [-0.05, 0) is 37.1 Å². The van der Waals surface area contributed by atoms with Crippen molar-refractivity contribution in [3.63, 3.8) is 0 Å². The Bertz CT molecular complexity index is 409. The first-order chi connectivity index (χ1) is 8.63. The van der Waals surface area contributed by atoms with Crippen LogP contribution in [0.5, 0.6) is 0 Å². The Morgan fingerprint density at radius 2 is 2.33 bits per heavy atom. The van der Waals surface area contributed by atoms with Gasteiger partial charge < -0.3 is 15.4 Å². The number of halogens is 1. The molecule has 0 aromatic heterocycles. The summed E-state index contributed by atoms with van der Waals surface area (Å²) in [5.74, 6) is -0.229. The molecule has 1 aromatic rings. The van der Waals surface area contributed by atoms with Crippen LogP contribution in [0, 0.1) is 5.82 Å². The standard InChI is InChI=1S/C14H21FN2O/c1-3-12-9-18-7-6-17(12)14-5-4-11(15)8-13(14)10(2)16/h4-5,8,10,12H,3,6-7,9,16H2,1-2H3/t10-,12?/m1/s1. The molecule has 1 unspecified atom stereocenters. The number of ether oxygens (including phenoxy) is 1. The van der Waals surface area contributed by atoms with Crippen molar-refractivity contribution in [2.75, 3.05) is 24.7 Å². The van der Waals surface area contributed by atoms with E-state index in [-0.39, 0.29) is 11.9 Å². The third-order valence-corrected chi connectivity index (χ3v) is 3.49. The molecule has 1 heterocycles. The van der Waals surface area contributed by atoms with E-state index in [0.29, 0.717) is 12.6 Å². The van der Waals surface area contributed by atoms with Crippen LogP contribution >= 0.6 is 0 Å². The number of morpholine rings is 1. The predicted molar refractivity (Wildman–Crippen MR) is 71.2 cm³/mol. The number of nitrogens with zero attached hydrogens (tertiary/aromatic N) is 1. The fourth-order valence-corrected chi connectivity index (χ4v) is 2.46. The molecule has 1 aliphatic rings. The van der Waals surface area contributed by atoms with Gasteiger partial charge in [0, 0.05) is 18.3 Å². The minimum absolute atomic E-state index is 0.170. The monoisotopic (exact) mass is 252 g/mol. The molecule has 2 rings (SSSR count). The number of hydrogen-bond acceptors (Lipinski definition) is 3.